The van der Waals surface area contributed by atoms with Crippen LogP contribution in [0.4, 0.5) is 0 Å². The highest BCUT2D eigenvalue weighted by atomic mass is 16.5. The number of rotatable bonds is 4. The third-order valence-electron chi connectivity index (χ3n) is 2.75. The lowest BCUT2D eigenvalue weighted by Gasteiger charge is -2.18. The average Bonchev–Trinajstić information content (AvgIpc) is 2.61. The summed E-state index contributed by atoms with van der Waals surface area (Å²) in [5.74, 6) is 0.212. The smallest absolute Gasteiger partial charge is 0.0672 e. The van der Waals surface area contributed by atoms with Crippen molar-refractivity contribution in [3.8, 4) is 6.07 Å². The maximum absolute atomic E-state index is 8.84. The summed E-state index contributed by atoms with van der Waals surface area (Å²) in [6.45, 7) is 2.88. The summed E-state index contributed by atoms with van der Waals surface area (Å²) in [7, 11) is 1.71. The molecule has 0 aliphatic heterocycles. The van der Waals surface area contributed by atoms with E-state index in [4.69, 9.17) is 10.00 Å². The number of ether oxygens (including phenoxy) is 1. The van der Waals surface area contributed by atoms with Gasteiger partial charge in [0, 0.05) is 19.7 Å². The molecule has 1 aliphatic rings. The van der Waals surface area contributed by atoms with Gasteiger partial charge in [0.05, 0.1) is 18.1 Å². The molecule has 0 aromatic carbocycles. The van der Waals surface area contributed by atoms with E-state index >= 15 is 0 Å². The van der Waals surface area contributed by atoms with Crippen LogP contribution in [0.1, 0.15) is 26.2 Å². The molecular weight excluding hydrogens is 164 g/mol. The fourth-order valence-corrected chi connectivity index (χ4v) is 1.76. The van der Waals surface area contributed by atoms with E-state index in [1.165, 1.54) is 6.42 Å². The molecule has 0 amide bonds. The first-order valence-electron chi connectivity index (χ1n) is 4.93. The maximum atomic E-state index is 8.84. The van der Waals surface area contributed by atoms with Crippen molar-refractivity contribution in [1.29, 1.82) is 5.26 Å². The second-order valence-electron chi connectivity index (χ2n) is 3.73. The first-order valence-corrected chi connectivity index (χ1v) is 4.93. The normalized spacial score (nSPS) is 29.9. The van der Waals surface area contributed by atoms with Crippen molar-refractivity contribution < 1.29 is 4.74 Å². The summed E-state index contributed by atoms with van der Waals surface area (Å²) < 4.78 is 5.13. The van der Waals surface area contributed by atoms with Gasteiger partial charge in [-0.05, 0) is 19.8 Å². The fraction of sp³-hybridized carbons (Fsp3) is 0.900. The van der Waals surface area contributed by atoms with E-state index in [2.05, 4.69) is 11.4 Å². The molecular formula is C10H18N2O. The molecule has 3 unspecified atom stereocenters. The van der Waals surface area contributed by atoms with Gasteiger partial charge < -0.3 is 10.1 Å². The van der Waals surface area contributed by atoms with Crippen LogP contribution in [0, 0.1) is 17.2 Å². The zero-order valence-corrected chi connectivity index (χ0v) is 8.42. The lowest BCUT2D eigenvalue weighted by molar-refractivity contribution is 0.113. The van der Waals surface area contributed by atoms with Crippen LogP contribution in [0.15, 0.2) is 0 Å². The minimum atomic E-state index is 0.212. The minimum Gasteiger partial charge on any atom is -0.380 e. The number of nitrogens with zero attached hydrogens (tertiary/aromatic N) is 1. The zero-order valence-electron chi connectivity index (χ0n) is 8.42. The molecule has 1 saturated carbocycles. The molecule has 0 radical (unpaired) electrons. The largest absolute Gasteiger partial charge is 0.380 e. The molecule has 0 aromatic heterocycles. The Labute approximate surface area is 80.1 Å². The lowest BCUT2D eigenvalue weighted by atomic mass is 10.1. The van der Waals surface area contributed by atoms with E-state index in [0.29, 0.717) is 6.04 Å². The van der Waals surface area contributed by atoms with Crippen molar-refractivity contribution in [2.45, 2.75) is 38.3 Å². The molecule has 3 nitrogen and oxygen atoms in total. The van der Waals surface area contributed by atoms with E-state index in [1.807, 2.05) is 6.92 Å². The molecule has 0 heterocycles. The molecule has 3 heteroatoms. The van der Waals surface area contributed by atoms with E-state index in [-0.39, 0.29) is 12.0 Å². The summed E-state index contributed by atoms with van der Waals surface area (Å²) in [4.78, 5) is 0. The van der Waals surface area contributed by atoms with Gasteiger partial charge in [-0.1, -0.05) is 6.42 Å². The second kappa shape index (κ2) is 5.21. The van der Waals surface area contributed by atoms with Crippen molar-refractivity contribution in [2.24, 2.45) is 5.92 Å². The number of methoxy groups -OCH3 is 1. The van der Waals surface area contributed by atoms with Crippen molar-refractivity contribution >= 4 is 0 Å². The molecule has 0 spiro atoms. The third kappa shape index (κ3) is 2.98. The molecule has 1 fully saturated rings. The maximum Gasteiger partial charge on any atom is 0.0672 e. The van der Waals surface area contributed by atoms with Crippen LogP contribution in [0.3, 0.4) is 0 Å². The van der Waals surface area contributed by atoms with Gasteiger partial charge in [0.15, 0.2) is 0 Å². The molecule has 1 rings (SSSR count). The highest BCUT2D eigenvalue weighted by Gasteiger charge is 2.26. The van der Waals surface area contributed by atoms with E-state index in [1.54, 1.807) is 7.11 Å². The van der Waals surface area contributed by atoms with Gasteiger partial charge in [-0.2, -0.15) is 5.26 Å². The minimum absolute atomic E-state index is 0.212. The molecule has 0 aromatic rings. The van der Waals surface area contributed by atoms with Crippen LogP contribution in [0.2, 0.25) is 0 Å². The molecule has 74 valence electrons. The Balaban J connectivity index is 2.24. The van der Waals surface area contributed by atoms with Gasteiger partial charge in [-0.15, -0.1) is 0 Å². The van der Waals surface area contributed by atoms with Gasteiger partial charge >= 0.3 is 0 Å². The Kier molecular flexibility index (Phi) is 4.20. The standard InChI is InChI=1S/C10H18N2O/c1-8(13-2)7-12-10-5-3-4-9(10)6-11/h8-10,12H,3-5,7H2,1-2H3. The van der Waals surface area contributed by atoms with Crippen molar-refractivity contribution in [3.05, 3.63) is 0 Å². The van der Waals surface area contributed by atoms with Gasteiger partial charge in [-0.25, -0.2) is 0 Å². The van der Waals surface area contributed by atoms with E-state index in [0.717, 1.165) is 19.4 Å². The van der Waals surface area contributed by atoms with Crippen molar-refractivity contribution in [1.82, 2.24) is 5.32 Å². The first kappa shape index (κ1) is 10.5. The van der Waals surface area contributed by atoms with Gasteiger partial charge in [0.25, 0.3) is 0 Å². The SMILES string of the molecule is COC(C)CNC1CCCC1C#N. The quantitative estimate of drug-likeness (QED) is 0.713. The number of hydrogen-bond donors (Lipinski definition) is 1. The van der Waals surface area contributed by atoms with Crippen LogP contribution in [0.25, 0.3) is 0 Å². The highest BCUT2D eigenvalue weighted by molar-refractivity contribution is 4.96. The van der Waals surface area contributed by atoms with Crippen LogP contribution >= 0.6 is 0 Å². The fourth-order valence-electron chi connectivity index (χ4n) is 1.76. The Morgan fingerprint density at radius 2 is 2.38 bits per heavy atom. The topological polar surface area (TPSA) is 45.0 Å². The average molecular weight is 182 g/mol. The Morgan fingerprint density at radius 3 is 3.00 bits per heavy atom. The first-order chi connectivity index (χ1) is 6.27. The molecule has 13 heavy (non-hydrogen) atoms. The molecule has 3 atom stereocenters. The van der Waals surface area contributed by atoms with Crippen LogP contribution < -0.4 is 5.32 Å². The second-order valence-corrected chi connectivity index (χ2v) is 3.73. The molecule has 0 saturated heterocycles. The van der Waals surface area contributed by atoms with Gasteiger partial charge in [-0.3, -0.25) is 0 Å². The zero-order chi connectivity index (χ0) is 9.68. The third-order valence-corrected chi connectivity index (χ3v) is 2.75. The van der Waals surface area contributed by atoms with Crippen molar-refractivity contribution in [2.75, 3.05) is 13.7 Å². The van der Waals surface area contributed by atoms with Crippen LogP contribution in [0.5, 0.6) is 0 Å². The van der Waals surface area contributed by atoms with Crippen LogP contribution in [-0.2, 0) is 4.74 Å². The number of nitriles is 1. The molecule has 1 aliphatic carbocycles. The molecule has 1 N–H and O–H groups in total. The summed E-state index contributed by atoms with van der Waals surface area (Å²) in [6.07, 6.45) is 3.60. The van der Waals surface area contributed by atoms with E-state index < -0.39 is 0 Å². The number of hydrogen-bond acceptors (Lipinski definition) is 3. The Bertz CT molecular complexity index is 188. The van der Waals surface area contributed by atoms with Gasteiger partial charge in [0.2, 0.25) is 0 Å². The summed E-state index contributed by atoms with van der Waals surface area (Å²) >= 11 is 0. The summed E-state index contributed by atoms with van der Waals surface area (Å²) in [6, 6.07) is 2.74. The van der Waals surface area contributed by atoms with Crippen molar-refractivity contribution in [3.63, 3.8) is 0 Å². The lowest BCUT2D eigenvalue weighted by Crippen LogP contribution is -2.37. The predicted molar refractivity (Wildman–Crippen MR) is 51.2 cm³/mol. The van der Waals surface area contributed by atoms with E-state index in [9.17, 15) is 0 Å². The highest BCUT2D eigenvalue weighted by Crippen LogP contribution is 2.24. The Morgan fingerprint density at radius 1 is 1.62 bits per heavy atom. The molecule has 0 bridgehead atoms. The van der Waals surface area contributed by atoms with Crippen LogP contribution in [-0.4, -0.2) is 25.8 Å². The predicted octanol–water partition coefficient (Wildman–Crippen LogP) is 1.30. The summed E-state index contributed by atoms with van der Waals surface area (Å²) in [5.41, 5.74) is 0. The monoisotopic (exact) mass is 182 g/mol. The number of nitrogens with one attached hydrogen (secondary N) is 1. The van der Waals surface area contributed by atoms with Gasteiger partial charge in [0.1, 0.15) is 0 Å². The Hall–Kier alpha value is -0.590. The summed E-state index contributed by atoms with van der Waals surface area (Å²) in [5, 5.41) is 12.2.